The van der Waals surface area contributed by atoms with Gasteiger partial charge in [0.15, 0.2) is 0 Å². The number of fused-ring (bicyclic) bond motifs is 3. The van der Waals surface area contributed by atoms with Gasteiger partial charge < -0.3 is 4.42 Å². The third-order valence-corrected chi connectivity index (χ3v) is 5.01. The van der Waals surface area contributed by atoms with Crippen LogP contribution >= 0.6 is 11.6 Å². The van der Waals surface area contributed by atoms with Crippen LogP contribution in [0.4, 0.5) is 0 Å². The first-order valence-corrected chi connectivity index (χ1v) is 9.26. The Balaban J connectivity index is 1.91. The minimum absolute atomic E-state index is 0.364. The van der Waals surface area contributed by atoms with Crippen molar-refractivity contribution >= 4 is 33.5 Å². The molecule has 134 valence electrons. The van der Waals surface area contributed by atoms with E-state index in [4.69, 9.17) is 21.0 Å². The van der Waals surface area contributed by atoms with Crippen molar-refractivity contribution in [2.24, 2.45) is 0 Å². The van der Waals surface area contributed by atoms with E-state index in [-0.39, 0.29) is 5.63 Å². The molecule has 5 rings (SSSR count). The molecule has 28 heavy (non-hydrogen) atoms. The SMILES string of the molecule is O=c1ccc2c(ccc3nc(-c4cccc(Cl)c4)cc(-c4ccccc4)c32)o1. The number of hydrogen-bond donors (Lipinski definition) is 0. The van der Waals surface area contributed by atoms with Gasteiger partial charge in [0.2, 0.25) is 0 Å². The molecule has 0 aliphatic carbocycles. The van der Waals surface area contributed by atoms with Gasteiger partial charge in [0, 0.05) is 27.4 Å². The number of benzene rings is 3. The Morgan fingerprint density at radius 3 is 2.43 bits per heavy atom. The molecule has 0 aliphatic heterocycles. The van der Waals surface area contributed by atoms with Gasteiger partial charge in [0.05, 0.1) is 11.2 Å². The van der Waals surface area contributed by atoms with Gasteiger partial charge in [-0.3, -0.25) is 0 Å². The van der Waals surface area contributed by atoms with E-state index in [1.807, 2.05) is 48.5 Å². The zero-order chi connectivity index (χ0) is 19.1. The van der Waals surface area contributed by atoms with Crippen molar-refractivity contribution in [3.05, 3.63) is 100 Å². The highest BCUT2D eigenvalue weighted by Gasteiger charge is 2.13. The zero-order valence-electron chi connectivity index (χ0n) is 14.7. The summed E-state index contributed by atoms with van der Waals surface area (Å²) in [6, 6.07) is 26.8. The summed E-state index contributed by atoms with van der Waals surface area (Å²) < 4.78 is 5.39. The third-order valence-electron chi connectivity index (χ3n) is 4.78. The maximum atomic E-state index is 11.7. The van der Waals surface area contributed by atoms with Crippen molar-refractivity contribution in [1.29, 1.82) is 0 Å². The van der Waals surface area contributed by atoms with Gasteiger partial charge in [0.25, 0.3) is 0 Å². The highest BCUT2D eigenvalue weighted by atomic mass is 35.5. The minimum Gasteiger partial charge on any atom is -0.423 e. The fraction of sp³-hybridized carbons (Fsp3) is 0. The molecule has 0 fully saturated rings. The van der Waals surface area contributed by atoms with E-state index in [1.165, 1.54) is 6.07 Å². The van der Waals surface area contributed by atoms with Crippen LogP contribution < -0.4 is 5.63 Å². The fourth-order valence-corrected chi connectivity index (χ4v) is 3.72. The summed E-state index contributed by atoms with van der Waals surface area (Å²) in [5, 5.41) is 2.49. The molecular formula is C24H14ClNO2. The Bertz CT molecular complexity index is 1390. The molecule has 0 unspecified atom stereocenters. The van der Waals surface area contributed by atoms with Crippen LogP contribution in [0.2, 0.25) is 5.02 Å². The molecule has 2 aromatic heterocycles. The second-order valence-electron chi connectivity index (χ2n) is 6.56. The van der Waals surface area contributed by atoms with E-state index in [2.05, 4.69) is 18.2 Å². The van der Waals surface area contributed by atoms with E-state index in [0.717, 1.165) is 38.7 Å². The average molecular weight is 384 g/mol. The molecule has 0 aliphatic rings. The predicted octanol–water partition coefficient (Wildman–Crippen LogP) is 6.33. The summed E-state index contributed by atoms with van der Waals surface area (Å²) in [7, 11) is 0. The Kier molecular flexibility index (Phi) is 3.96. The lowest BCUT2D eigenvalue weighted by Gasteiger charge is -2.12. The van der Waals surface area contributed by atoms with Crippen molar-refractivity contribution in [1.82, 2.24) is 4.98 Å². The molecular weight excluding hydrogens is 370 g/mol. The van der Waals surface area contributed by atoms with Crippen LogP contribution in [0.5, 0.6) is 0 Å². The van der Waals surface area contributed by atoms with Gasteiger partial charge in [-0.15, -0.1) is 0 Å². The molecule has 0 N–H and O–H groups in total. The molecule has 0 spiro atoms. The molecule has 2 heterocycles. The van der Waals surface area contributed by atoms with Crippen molar-refractivity contribution in [3.63, 3.8) is 0 Å². The maximum Gasteiger partial charge on any atom is 0.336 e. The van der Waals surface area contributed by atoms with Crippen LogP contribution in [0, 0.1) is 0 Å². The molecule has 0 radical (unpaired) electrons. The molecule has 0 atom stereocenters. The number of halogens is 1. The summed E-state index contributed by atoms with van der Waals surface area (Å²) in [6.45, 7) is 0. The molecule has 0 amide bonds. The minimum atomic E-state index is -0.364. The second-order valence-corrected chi connectivity index (χ2v) is 6.99. The highest BCUT2D eigenvalue weighted by molar-refractivity contribution is 6.30. The molecule has 3 nitrogen and oxygen atoms in total. The van der Waals surface area contributed by atoms with Crippen molar-refractivity contribution in [2.45, 2.75) is 0 Å². The van der Waals surface area contributed by atoms with Gasteiger partial charge in [0.1, 0.15) is 5.58 Å². The number of hydrogen-bond acceptors (Lipinski definition) is 3. The zero-order valence-corrected chi connectivity index (χ0v) is 15.5. The number of aromatic nitrogens is 1. The Morgan fingerprint density at radius 1 is 0.786 bits per heavy atom. The lowest BCUT2D eigenvalue weighted by Crippen LogP contribution is -1.96. The quantitative estimate of drug-likeness (QED) is 0.264. The third kappa shape index (κ3) is 2.86. The highest BCUT2D eigenvalue weighted by Crippen LogP contribution is 2.36. The van der Waals surface area contributed by atoms with Crippen molar-refractivity contribution in [3.8, 4) is 22.4 Å². The van der Waals surface area contributed by atoms with Crippen LogP contribution in [0.3, 0.4) is 0 Å². The monoisotopic (exact) mass is 383 g/mol. The first kappa shape index (κ1) is 16.7. The van der Waals surface area contributed by atoms with Gasteiger partial charge in [-0.25, -0.2) is 9.78 Å². The Labute approximate surface area is 165 Å². The van der Waals surface area contributed by atoms with Crippen molar-refractivity contribution < 1.29 is 4.42 Å². The molecule has 3 aromatic carbocycles. The summed E-state index contributed by atoms with van der Waals surface area (Å²) >= 11 is 6.19. The lowest BCUT2D eigenvalue weighted by atomic mass is 9.96. The van der Waals surface area contributed by atoms with Crippen LogP contribution in [0.15, 0.2) is 94.1 Å². The average Bonchev–Trinajstić information content (AvgIpc) is 2.73. The number of rotatable bonds is 2. The van der Waals surface area contributed by atoms with E-state index < -0.39 is 0 Å². The first-order chi connectivity index (χ1) is 13.7. The summed E-state index contributed by atoms with van der Waals surface area (Å²) in [5.74, 6) is 0. The van der Waals surface area contributed by atoms with E-state index in [9.17, 15) is 4.79 Å². The van der Waals surface area contributed by atoms with Gasteiger partial charge >= 0.3 is 5.63 Å². The predicted molar refractivity (Wildman–Crippen MR) is 114 cm³/mol. The van der Waals surface area contributed by atoms with Crippen LogP contribution in [0.1, 0.15) is 0 Å². The molecule has 4 heteroatoms. The molecule has 5 aromatic rings. The van der Waals surface area contributed by atoms with Gasteiger partial charge in [-0.1, -0.05) is 54.1 Å². The molecule has 0 saturated carbocycles. The number of pyridine rings is 1. The Hall–Kier alpha value is -3.43. The van der Waals surface area contributed by atoms with E-state index in [0.29, 0.717) is 10.6 Å². The molecule has 0 saturated heterocycles. The van der Waals surface area contributed by atoms with E-state index in [1.54, 1.807) is 12.1 Å². The summed E-state index contributed by atoms with van der Waals surface area (Å²) in [6.07, 6.45) is 0. The van der Waals surface area contributed by atoms with Crippen LogP contribution in [0.25, 0.3) is 44.3 Å². The second kappa shape index (κ2) is 6.63. The topological polar surface area (TPSA) is 43.1 Å². The molecule has 0 bridgehead atoms. The van der Waals surface area contributed by atoms with Crippen LogP contribution in [-0.2, 0) is 0 Å². The largest absolute Gasteiger partial charge is 0.423 e. The van der Waals surface area contributed by atoms with Gasteiger partial charge in [-0.2, -0.15) is 0 Å². The fourth-order valence-electron chi connectivity index (χ4n) is 3.53. The first-order valence-electron chi connectivity index (χ1n) is 8.88. The van der Waals surface area contributed by atoms with Crippen molar-refractivity contribution in [2.75, 3.05) is 0 Å². The standard InChI is InChI=1S/C24H14ClNO2/c25-17-8-4-7-16(13-17)21-14-19(15-5-2-1-3-6-15)24-18-9-12-23(27)28-22(18)11-10-20(24)26-21/h1-14H. The van der Waals surface area contributed by atoms with Gasteiger partial charge in [-0.05, 0) is 47.5 Å². The number of nitrogens with zero attached hydrogens (tertiary/aromatic N) is 1. The Morgan fingerprint density at radius 2 is 1.61 bits per heavy atom. The smallest absolute Gasteiger partial charge is 0.336 e. The summed E-state index contributed by atoms with van der Waals surface area (Å²) in [4.78, 5) is 16.5. The maximum absolute atomic E-state index is 11.7. The normalized spacial score (nSPS) is 11.2. The lowest BCUT2D eigenvalue weighted by molar-refractivity contribution is 0.561. The summed E-state index contributed by atoms with van der Waals surface area (Å²) in [5.41, 5.74) is 4.90. The van der Waals surface area contributed by atoms with Crippen LogP contribution in [-0.4, -0.2) is 4.98 Å². The van der Waals surface area contributed by atoms with E-state index >= 15 is 0 Å².